The molecule has 1 N–H and O–H groups in total. The first kappa shape index (κ1) is 13.5. The maximum atomic E-state index is 5.16. The van der Waals surface area contributed by atoms with E-state index >= 15 is 0 Å². The van der Waals surface area contributed by atoms with Crippen LogP contribution in [0.5, 0.6) is 0 Å². The third-order valence-electron chi connectivity index (χ3n) is 1.95. The van der Waals surface area contributed by atoms with Crippen LogP contribution in [0.3, 0.4) is 0 Å². The summed E-state index contributed by atoms with van der Waals surface area (Å²) in [7, 11) is 0. The van der Waals surface area contributed by atoms with Gasteiger partial charge in [0.25, 0.3) is 0 Å². The van der Waals surface area contributed by atoms with E-state index < -0.39 is 0 Å². The Hall–Kier alpha value is -0.550. The fourth-order valence-electron chi connectivity index (χ4n) is 1.16. The van der Waals surface area contributed by atoms with Gasteiger partial charge in [-0.05, 0) is 5.25 Å². The summed E-state index contributed by atoms with van der Waals surface area (Å²) in [4.78, 5) is 4.34. The monoisotopic (exact) mass is 243 g/mol. The van der Waals surface area contributed by atoms with Gasteiger partial charge in [0.2, 0.25) is 5.89 Å². The van der Waals surface area contributed by atoms with E-state index in [1.165, 1.54) is 0 Å². The van der Waals surface area contributed by atoms with Gasteiger partial charge in [-0.3, -0.25) is 0 Å². The van der Waals surface area contributed by atoms with Crippen LogP contribution in [0.4, 0.5) is 0 Å². The van der Waals surface area contributed by atoms with Crippen molar-refractivity contribution < 1.29 is 4.52 Å². The highest BCUT2D eigenvalue weighted by molar-refractivity contribution is 7.99. The molecule has 0 aliphatic rings. The highest BCUT2D eigenvalue weighted by Gasteiger charge is 2.07. The van der Waals surface area contributed by atoms with E-state index in [1.807, 2.05) is 11.8 Å². The molecule has 0 aliphatic heterocycles. The molecule has 0 spiro atoms. The van der Waals surface area contributed by atoms with Crippen LogP contribution in [0.2, 0.25) is 0 Å². The molecule has 0 bridgehead atoms. The van der Waals surface area contributed by atoms with Crippen molar-refractivity contribution in [2.24, 2.45) is 0 Å². The summed E-state index contributed by atoms with van der Waals surface area (Å²) in [6, 6.07) is 0.499. The molecule has 1 rings (SSSR count). The van der Waals surface area contributed by atoms with Crippen molar-refractivity contribution in [1.29, 1.82) is 0 Å². The molecule has 0 amide bonds. The third kappa shape index (κ3) is 5.51. The zero-order chi connectivity index (χ0) is 12.0. The van der Waals surface area contributed by atoms with E-state index in [1.54, 1.807) is 0 Å². The zero-order valence-corrected chi connectivity index (χ0v) is 11.3. The molecule has 0 saturated heterocycles. The Bertz CT molecular complexity index is 299. The van der Waals surface area contributed by atoms with Gasteiger partial charge in [-0.2, -0.15) is 16.7 Å². The highest BCUT2D eigenvalue weighted by Crippen LogP contribution is 2.14. The lowest BCUT2D eigenvalue weighted by Crippen LogP contribution is -2.25. The molecule has 16 heavy (non-hydrogen) atoms. The summed E-state index contributed by atoms with van der Waals surface area (Å²) in [6.07, 6.45) is 0.803. The van der Waals surface area contributed by atoms with Gasteiger partial charge in [-0.1, -0.05) is 32.9 Å². The van der Waals surface area contributed by atoms with Gasteiger partial charge in [0, 0.05) is 19.0 Å². The largest absolute Gasteiger partial charge is 0.339 e. The predicted octanol–water partition coefficient (Wildman–Crippen LogP) is 2.25. The van der Waals surface area contributed by atoms with Gasteiger partial charge in [0.1, 0.15) is 0 Å². The lowest BCUT2D eigenvalue weighted by atomic mass is 10.3. The molecule has 5 heteroatoms. The Kier molecular flexibility index (Phi) is 5.84. The highest BCUT2D eigenvalue weighted by atomic mass is 32.2. The molecule has 1 heterocycles. The van der Waals surface area contributed by atoms with Crippen molar-refractivity contribution in [3.63, 3.8) is 0 Å². The Labute approximate surface area is 102 Å². The molecule has 0 radical (unpaired) electrons. The quantitative estimate of drug-likeness (QED) is 0.796. The van der Waals surface area contributed by atoms with Gasteiger partial charge >= 0.3 is 0 Å². The summed E-state index contributed by atoms with van der Waals surface area (Å²) in [5.74, 6) is 2.37. The number of hydrogen-bond acceptors (Lipinski definition) is 5. The molecule has 0 aliphatic carbocycles. The van der Waals surface area contributed by atoms with E-state index in [-0.39, 0.29) is 0 Å². The second kappa shape index (κ2) is 6.91. The Morgan fingerprint density at radius 2 is 2.06 bits per heavy atom. The minimum Gasteiger partial charge on any atom is -0.339 e. The van der Waals surface area contributed by atoms with Crippen LogP contribution in [0.15, 0.2) is 4.52 Å². The van der Waals surface area contributed by atoms with Crippen LogP contribution in [0.1, 0.15) is 39.4 Å². The second-order valence-corrected chi connectivity index (χ2v) is 5.89. The first-order chi connectivity index (χ1) is 7.58. The Morgan fingerprint density at radius 1 is 1.31 bits per heavy atom. The number of thioether (sulfide) groups is 1. The molecule has 0 atom stereocenters. The number of aromatic nitrogens is 2. The van der Waals surface area contributed by atoms with Crippen LogP contribution in [0.25, 0.3) is 0 Å². The minimum atomic E-state index is 0.499. The van der Waals surface area contributed by atoms with Crippen molar-refractivity contribution in [2.75, 3.05) is 6.54 Å². The molecule has 4 nitrogen and oxygen atoms in total. The minimum absolute atomic E-state index is 0.499. The molecule has 0 unspecified atom stereocenters. The van der Waals surface area contributed by atoms with E-state index in [4.69, 9.17) is 4.52 Å². The molecule has 92 valence electrons. The number of rotatable bonds is 7. The molecule has 0 fully saturated rings. The zero-order valence-electron chi connectivity index (χ0n) is 10.5. The first-order valence-electron chi connectivity index (χ1n) is 5.74. The fourth-order valence-corrected chi connectivity index (χ4v) is 1.76. The first-order valence-corrected chi connectivity index (χ1v) is 6.79. The van der Waals surface area contributed by atoms with Crippen LogP contribution in [-0.2, 0) is 12.2 Å². The Balaban J connectivity index is 2.28. The molecular formula is C11H21N3OS. The van der Waals surface area contributed by atoms with Crippen molar-refractivity contribution in [1.82, 2.24) is 15.5 Å². The van der Waals surface area contributed by atoms with Gasteiger partial charge in [0.05, 0.1) is 5.75 Å². The van der Waals surface area contributed by atoms with Crippen molar-refractivity contribution >= 4 is 11.8 Å². The van der Waals surface area contributed by atoms with E-state index in [0.29, 0.717) is 11.3 Å². The fraction of sp³-hybridized carbons (Fsp3) is 0.818. The molecule has 1 aromatic heterocycles. The van der Waals surface area contributed by atoms with Gasteiger partial charge in [-0.15, -0.1) is 0 Å². The van der Waals surface area contributed by atoms with Crippen LogP contribution < -0.4 is 5.32 Å². The summed E-state index contributed by atoms with van der Waals surface area (Å²) in [6.45, 7) is 9.46. The maximum absolute atomic E-state index is 5.16. The third-order valence-corrected chi connectivity index (χ3v) is 3.04. The topological polar surface area (TPSA) is 51.0 Å². The summed E-state index contributed by atoms with van der Waals surface area (Å²) in [5.41, 5.74) is 0. The molecular weight excluding hydrogens is 222 g/mol. The number of nitrogens with zero attached hydrogens (tertiary/aromatic N) is 2. The second-order valence-electron chi connectivity index (χ2n) is 4.32. The van der Waals surface area contributed by atoms with Gasteiger partial charge < -0.3 is 9.84 Å². The smallest absolute Gasteiger partial charge is 0.227 e. The summed E-state index contributed by atoms with van der Waals surface area (Å²) < 4.78 is 5.16. The van der Waals surface area contributed by atoms with Crippen molar-refractivity contribution in [3.8, 4) is 0 Å². The average Bonchev–Trinajstić information content (AvgIpc) is 2.62. The van der Waals surface area contributed by atoms with Crippen LogP contribution in [0, 0.1) is 0 Å². The van der Waals surface area contributed by atoms with E-state index in [2.05, 4.69) is 43.2 Å². The van der Waals surface area contributed by atoms with Crippen LogP contribution >= 0.6 is 11.8 Å². The van der Waals surface area contributed by atoms with Crippen LogP contribution in [-0.4, -0.2) is 28.0 Å². The van der Waals surface area contributed by atoms with E-state index in [0.717, 1.165) is 30.4 Å². The Morgan fingerprint density at radius 3 is 2.69 bits per heavy atom. The van der Waals surface area contributed by atoms with Crippen molar-refractivity contribution in [2.45, 2.75) is 51.2 Å². The number of hydrogen-bond donors (Lipinski definition) is 1. The van der Waals surface area contributed by atoms with Crippen molar-refractivity contribution in [3.05, 3.63) is 11.7 Å². The van der Waals surface area contributed by atoms with Gasteiger partial charge in [-0.25, -0.2) is 0 Å². The normalized spacial score (nSPS) is 11.6. The SMILES string of the molecule is CC(C)NCCc1nc(CSC(C)C)no1. The lowest BCUT2D eigenvalue weighted by Gasteiger charge is -2.04. The number of nitrogens with one attached hydrogen (secondary N) is 1. The molecule has 0 saturated carbocycles. The lowest BCUT2D eigenvalue weighted by molar-refractivity contribution is 0.370. The summed E-state index contributed by atoms with van der Waals surface area (Å²) >= 11 is 1.83. The van der Waals surface area contributed by atoms with E-state index in [9.17, 15) is 0 Å². The average molecular weight is 243 g/mol. The van der Waals surface area contributed by atoms with Gasteiger partial charge in [0.15, 0.2) is 5.82 Å². The maximum Gasteiger partial charge on any atom is 0.227 e. The summed E-state index contributed by atoms with van der Waals surface area (Å²) in [5, 5.41) is 7.87. The molecule has 1 aromatic rings. The standard InChI is InChI=1S/C11H21N3OS/c1-8(2)12-6-5-11-13-10(14-15-11)7-16-9(3)4/h8-9,12H,5-7H2,1-4H3. The molecule has 0 aromatic carbocycles. The predicted molar refractivity (Wildman–Crippen MR) is 67.6 cm³/mol.